The highest BCUT2D eigenvalue weighted by molar-refractivity contribution is 5.73. The van der Waals surface area contributed by atoms with Crippen molar-refractivity contribution in [1.82, 2.24) is 9.55 Å². The number of carbonyl (C=O) groups is 2. The zero-order chi connectivity index (χ0) is 24.1. The van der Waals surface area contributed by atoms with Gasteiger partial charge in [-0.3, -0.25) is 23.9 Å². The fourth-order valence-electron chi connectivity index (χ4n) is 1.74. The Balaban J connectivity index is -0.000000438. The minimum Gasteiger partial charge on any atom is -0.438 e. The maximum atomic E-state index is 11.4. The van der Waals surface area contributed by atoms with Gasteiger partial charge in [0.2, 0.25) is 0 Å². The minimum atomic E-state index is -0.913. The summed E-state index contributed by atoms with van der Waals surface area (Å²) in [5.74, 6) is -0.595. The van der Waals surface area contributed by atoms with E-state index in [2.05, 4.69) is 18.6 Å². The van der Waals surface area contributed by atoms with Crippen LogP contribution < -0.4 is 17.0 Å². The van der Waals surface area contributed by atoms with Gasteiger partial charge < -0.3 is 35.6 Å². The zero-order valence-electron chi connectivity index (χ0n) is 17.6. The standard InChI is InChI=1S/C9H10N2O5.C3H7NO3.C3H8.2CH4O/c12-4-5-3-11(9(15)10-8(5)14)6-1-2-7(13)16-6;4-1-3(6)7-2-5;1-3-2;2*1-2/h3-4,6-7,13H,1-2H2,(H,10,14,15);5H,1-2,4H2;3H2,1-2H3;2*2H,1H3/t6?,7-;;;;/m0..../s1. The van der Waals surface area contributed by atoms with Gasteiger partial charge in [-0.2, -0.15) is 0 Å². The number of hydrogen-bond donors (Lipinski definition) is 6. The topological polar surface area (TPSA) is 214 Å². The molecule has 0 bridgehead atoms. The Labute approximate surface area is 173 Å². The van der Waals surface area contributed by atoms with Crippen LogP contribution in [0.5, 0.6) is 0 Å². The number of carbonyl (C=O) groups excluding carboxylic acids is 2. The van der Waals surface area contributed by atoms with Crippen LogP contribution in [0.4, 0.5) is 0 Å². The molecule has 1 aromatic rings. The Morgan fingerprint density at radius 1 is 1.30 bits per heavy atom. The van der Waals surface area contributed by atoms with Crippen LogP contribution in [0, 0.1) is 0 Å². The van der Waals surface area contributed by atoms with Crippen LogP contribution in [0.1, 0.15) is 49.7 Å². The molecule has 0 aliphatic carbocycles. The van der Waals surface area contributed by atoms with Gasteiger partial charge in [0.25, 0.3) is 5.56 Å². The second-order valence-corrected chi connectivity index (χ2v) is 5.05. The zero-order valence-corrected chi connectivity index (χ0v) is 17.6. The first-order valence-electron chi connectivity index (χ1n) is 8.84. The lowest BCUT2D eigenvalue weighted by Gasteiger charge is -2.13. The van der Waals surface area contributed by atoms with Gasteiger partial charge in [0.1, 0.15) is 6.23 Å². The van der Waals surface area contributed by atoms with Gasteiger partial charge in [0, 0.05) is 26.8 Å². The molecular formula is C17H33N3O10. The quantitative estimate of drug-likeness (QED) is 0.172. The van der Waals surface area contributed by atoms with Crippen molar-refractivity contribution < 1.29 is 39.5 Å². The van der Waals surface area contributed by atoms with E-state index in [0.717, 1.165) is 25.0 Å². The van der Waals surface area contributed by atoms with Crippen molar-refractivity contribution in [3.63, 3.8) is 0 Å². The van der Waals surface area contributed by atoms with E-state index in [1.165, 1.54) is 6.42 Å². The molecule has 1 fully saturated rings. The van der Waals surface area contributed by atoms with Crippen LogP contribution in [-0.2, 0) is 14.3 Å². The van der Waals surface area contributed by atoms with E-state index in [4.69, 9.17) is 30.9 Å². The first kappa shape index (κ1) is 32.3. The van der Waals surface area contributed by atoms with Crippen molar-refractivity contribution in [3.8, 4) is 0 Å². The highest BCUT2D eigenvalue weighted by atomic mass is 16.6. The SMILES string of the molecule is CCC.CO.CO.NCC(=O)OCO.O=Cc1cn(C2CC[C@@H](O)O2)c(=O)[nH]c1=O. The molecule has 176 valence electrons. The average molecular weight is 439 g/mol. The predicted molar refractivity (Wildman–Crippen MR) is 107 cm³/mol. The third-order valence-electron chi connectivity index (χ3n) is 2.80. The Morgan fingerprint density at radius 3 is 2.17 bits per heavy atom. The highest BCUT2D eigenvalue weighted by Gasteiger charge is 2.25. The van der Waals surface area contributed by atoms with Crippen molar-refractivity contribution >= 4 is 12.3 Å². The molecule has 0 saturated carbocycles. The molecule has 1 unspecified atom stereocenters. The average Bonchev–Trinajstić information content (AvgIpc) is 3.18. The molecule has 30 heavy (non-hydrogen) atoms. The molecular weight excluding hydrogens is 406 g/mol. The molecule has 2 atom stereocenters. The molecule has 1 saturated heterocycles. The number of esters is 1. The molecule has 1 aromatic heterocycles. The summed E-state index contributed by atoms with van der Waals surface area (Å²) in [6, 6.07) is 0. The summed E-state index contributed by atoms with van der Waals surface area (Å²) in [5.41, 5.74) is 3.24. The number of aromatic amines is 1. The van der Waals surface area contributed by atoms with Crippen LogP contribution in [0.15, 0.2) is 15.8 Å². The maximum absolute atomic E-state index is 11.4. The fourth-order valence-corrected chi connectivity index (χ4v) is 1.74. The summed E-state index contributed by atoms with van der Waals surface area (Å²) in [4.78, 5) is 45.0. The summed E-state index contributed by atoms with van der Waals surface area (Å²) in [6.45, 7) is 3.48. The van der Waals surface area contributed by atoms with Gasteiger partial charge in [-0.15, -0.1) is 0 Å². The number of H-pyrrole nitrogens is 1. The number of aldehydes is 1. The first-order chi connectivity index (χ1) is 14.3. The Bertz CT molecular complexity index is 674. The monoisotopic (exact) mass is 439 g/mol. The summed E-state index contributed by atoms with van der Waals surface area (Å²) in [5, 5.41) is 31.0. The molecule has 7 N–H and O–H groups in total. The molecule has 1 aliphatic rings. The van der Waals surface area contributed by atoms with Crippen molar-refractivity contribution in [2.45, 2.75) is 45.6 Å². The summed E-state index contributed by atoms with van der Waals surface area (Å²) < 4.78 is 10.1. The fraction of sp³-hybridized carbons (Fsp3) is 0.647. The van der Waals surface area contributed by atoms with Gasteiger partial charge >= 0.3 is 11.7 Å². The van der Waals surface area contributed by atoms with Gasteiger partial charge in [0.05, 0.1) is 12.1 Å². The molecule has 2 rings (SSSR count). The van der Waals surface area contributed by atoms with Gasteiger partial charge in [-0.25, -0.2) is 4.79 Å². The van der Waals surface area contributed by atoms with Crippen LogP contribution in [0.3, 0.4) is 0 Å². The smallest absolute Gasteiger partial charge is 0.330 e. The third-order valence-corrected chi connectivity index (χ3v) is 2.80. The molecule has 0 radical (unpaired) electrons. The van der Waals surface area contributed by atoms with Gasteiger partial charge in [0.15, 0.2) is 19.4 Å². The number of aliphatic hydroxyl groups is 4. The Hall–Kier alpha value is -2.42. The van der Waals surface area contributed by atoms with Crippen LogP contribution in [-0.4, -0.2) is 76.1 Å². The third kappa shape index (κ3) is 13.7. The molecule has 1 aliphatic heterocycles. The summed E-state index contributed by atoms with van der Waals surface area (Å²) in [7, 11) is 2.00. The van der Waals surface area contributed by atoms with E-state index in [1.54, 1.807) is 0 Å². The number of nitrogens with two attached hydrogens (primary N) is 1. The normalized spacial score (nSPS) is 16.0. The first-order valence-corrected chi connectivity index (χ1v) is 8.84. The largest absolute Gasteiger partial charge is 0.438 e. The molecule has 13 nitrogen and oxygen atoms in total. The molecule has 0 spiro atoms. The van der Waals surface area contributed by atoms with Gasteiger partial charge in [-0.1, -0.05) is 20.3 Å². The van der Waals surface area contributed by atoms with E-state index >= 15 is 0 Å². The van der Waals surface area contributed by atoms with E-state index in [-0.39, 0.29) is 12.1 Å². The number of hydrogen-bond acceptors (Lipinski definition) is 11. The number of nitrogens with zero attached hydrogens (tertiary/aromatic N) is 1. The Kier molecular flexibility index (Phi) is 22.9. The lowest BCUT2D eigenvalue weighted by molar-refractivity contribution is -0.149. The van der Waals surface area contributed by atoms with E-state index < -0.39 is 36.5 Å². The number of nitrogens with one attached hydrogen (secondary N) is 1. The predicted octanol–water partition coefficient (Wildman–Crippen LogP) is -1.95. The number of aromatic nitrogens is 2. The van der Waals surface area contributed by atoms with Crippen molar-refractivity contribution in [3.05, 3.63) is 32.6 Å². The van der Waals surface area contributed by atoms with E-state index in [9.17, 15) is 19.2 Å². The van der Waals surface area contributed by atoms with Crippen molar-refractivity contribution in [2.24, 2.45) is 5.73 Å². The van der Waals surface area contributed by atoms with Crippen LogP contribution in [0.25, 0.3) is 0 Å². The van der Waals surface area contributed by atoms with Gasteiger partial charge in [-0.05, 0) is 6.42 Å². The minimum absolute atomic E-state index is 0.149. The van der Waals surface area contributed by atoms with E-state index in [0.29, 0.717) is 19.1 Å². The number of ether oxygens (including phenoxy) is 2. The van der Waals surface area contributed by atoms with Crippen molar-refractivity contribution in [2.75, 3.05) is 27.6 Å². The van der Waals surface area contributed by atoms with Crippen LogP contribution >= 0.6 is 0 Å². The summed E-state index contributed by atoms with van der Waals surface area (Å²) >= 11 is 0. The number of aliphatic hydroxyl groups excluding tert-OH is 4. The Morgan fingerprint density at radius 2 is 1.83 bits per heavy atom. The second kappa shape index (κ2) is 21.3. The lowest BCUT2D eigenvalue weighted by Crippen LogP contribution is -2.34. The maximum Gasteiger partial charge on any atom is 0.330 e. The van der Waals surface area contributed by atoms with Crippen molar-refractivity contribution in [1.29, 1.82) is 0 Å². The number of rotatable bonds is 4. The van der Waals surface area contributed by atoms with E-state index in [1.807, 2.05) is 4.98 Å². The second-order valence-electron chi connectivity index (χ2n) is 5.05. The molecule has 2 heterocycles. The van der Waals surface area contributed by atoms with Crippen LogP contribution in [0.2, 0.25) is 0 Å². The molecule has 0 aromatic carbocycles. The summed E-state index contributed by atoms with van der Waals surface area (Å²) in [6.07, 6.45) is 2.05. The lowest BCUT2D eigenvalue weighted by atomic mass is 10.3. The molecule has 0 amide bonds. The molecule has 13 heteroatoms. The highest BCUT2D eigenvalue weighted by Crippen LogP contribution is 2.24.